The molecular formula is C14H10NO2-. The number of carbonyl (C=O) groups excluding carboxylic acids is 1. The summed E-state index contributed by atoms with van der Waals surface area (Å²) in [6.07, 6.45) is 0. The van der Waals surface area contributed by atoms with Crippen molar-refractivity contribution in [3.63, 3.8) is 0 Å². The van der Waals surface area contributed by atoms with E-state index in [-0.39, 0.29) is 5.69 Å². The van der Waals surface area contributed by atoms with Crippen LogP contribution in [0.3, 0.4) is 0 Å². The molecule has 3 rings (SSSR count). The minimum Gasteiger partial charge on any atom is -0.543 e. The quantitative estimate of drug-likeness (QED) is 0.687. The Morgan fingerprint density at radius 1 is 1.12 bits per heavy atom. The van der Waals surface area contributed by atoms with Crippen LogP contribution < -0.4 is 5.11 Å². The van der Waals surface area contributed by atoms with Crippen molar-refractivity contribution in [3.05, 3.63) is 47.7 Å². The van der Waals surface area contributed by atoms with Crippen LogP contribution in [0.4, 0.5) is 0 Å². The summed E-state index contributed by atoms with van der Waals surface area (Å²) in [4.78, 5) is 13.7. The SMILES string of the molecule is Cc1cc2[nH]c(C(=O)[O-])cc2c2ccccc12. The molecule has 1 N–H and O–H groups in total. The number of aromatic amines is 1. The van der Waals surface area contributed by atoms with Crippen LogP contribution in [0.25, 0.3) is 21.7 Å². The summed E-state index contributed by atoms with van der Waals surface area (Å²) in [5.74, 6) is -1.18. The molecule has 3 heteroatoms. The molecule has 3 aromatic rings. The Kier molecular flexibility index (Phi) is 1.95. The van der Waals surface area contributed by atoms with Crippen LogP contribution >= 0.6 is 0 Å². The van der Waals surface area contributed by atoms with Gasteiger partial charge in [0.05, 0.1) is 11.7 Å². The molecule has 0 atom stereocenters. The van der Waals surface area contributed by atoms with Crippen molar-refractivity contribution in [3.8, 4) is 0 Å². The molecule has 0 saturated carbocycles. The minimum atomic E-state index is -1.18. The van der Waals surface area contributed by atoms with E-state index in [4.69, 9.17) is 0 Å². The highest BCUT2D eigenvalue weighted by Crippen LogP contribution is 2.28. The van der Waals surface area contributed by atoms with Crippen molar-refractivity contribution in [2.75, 3.05) is 0 Å². The van der Waals surface area contributed by atoms with Crippen molar-refractivity contribution < 1.29 is 9.90 Å². The highest BCUT2D eigenvalue weighted by molar-refractivity contribution is 6.10. The first-order valence-corrected chi connectivity index (χ1v) is 5.39. The lowest BCUT2D eigenvalue weighted by molar-refractivity contribution is -0.255. The second-order valence-electron chi connectivity index (χ2n) is 4.17. The van der Waals surface area contributed by atoms with E-state index in [1.54, 1.807) is 6.07 Å². The number of nitrogens with one attached hydrogen (secondary N) is 1. The molecule has 0 aliphatic carbocycles. The Morgan fingerprint density at radius 3 is 2.53 bits per heavy atom. The van der Waals surface area contributed by atoms with Crippen LogP contribution in [0.2, 0.25) is 0 Å². The predicted octanol–water partition coefficient (Wildman–Crippen LogP) is 1.99. The molecule has 0 unspecified atom stereocenters. The summed E-state index contributed by atoms with van der Waals surface area (Å²) in [6.45, 7) is 2.02. The third kappa shape index (κ3) is 1.40. The number of carboxylic acid groups (broad SMARTS) is 1. The number of aromatic carboxylic acids is 1. The largest absolute Gasteiger partial charge is 0.543 e. The van der Waals surface area contributed by atoms with Crippen molar-refractivity contribution in [1.29, 1.82) is 0 Å². The molecule has 0 fully saturated rings. The summed E-state index contributed by atoms with van der Waals surface area (Å²) >= 11 is 0. The zero-order valence-corrected chi connectivity index (χ0v) is 9.28. The van der Waals surface area contributed by atoms with Crippen molar-refractivity contribution >= 4 is 27.6 Å². The fourth-order valence-electron chi connectivity index (χ4n) is 2.27. The summed E-state index contributed by atoms with van der Waals surface area (Å²) in [5, 5.41) is 14.0. The van der Waals surface area contributed by atoms with Gasteiger partial charge < -0.3 is 14.9 Å². The molecule has 0 bridgehead atoms. The number of fused-ring (bicyclic) bond motifs is 3. The Bertz CT molecular complexity index is 740. The highest BCUT2D eigenvalue weighted by atomic mass is 16.4. The van der Waals surface area contributed by atoms with E-state index in [1.165, 1.54) is 0 Å². The molecule has 2 aromatic carbocycles. The van der Waals surface area contributed by atoms with Crippen molar-refractivity contribution in [2.24, 2.45) is 0 Å². The van der Waals surface area contributed by atoms with Gasteiger partial charge in [0.25, 0.3) is 0 Å². The molecule has 84 valence electrons. The highest BCUT2D eigenvalue weighted by Gasteiger charge is 2.07. The molecule has 0 radical (unpaired) electrons. The first-order valence-electron chi connectivity index (χ1n) is 5.39. The van der Waals surface area contributed by atoms with E-state index >= 15 is 0 Å². The Morgan fingerprint density at radius 2 is 1.82 bits per heavy atom. The zero-order valence-electron chi connectivity index (χ0n) is 9.28. The van der Waals surface area contributed by atoms with Gasteiger partial charge in [-0.25, -0.2) is 0 Å². The number of aromatic nitrogens is 1. The monoisotopic (exact) mass is 224 g/mol. The first kappa shape index (κ1) is 9.90. The van der Waals surface area contributed by atoms with Crippen LogP contribution in [-0.4, -0.2) is 11.0 Å². The number of aryl methyl sites for hydroxylation is 1. The Labute approximate surface area is 97.7 Å². The van der Waals surface area contributed by atoms with Gasteiger partial charge in [-0.15, -0.1) is 0 Å². The molecule has 1 aromatic heterocycles. The first-order chi connectivity index (χ1) is 8.16. The van der Waals surface area contributed by atoms with Gasteiger partial charge in [-0.3, -0.25) is 0 Å². The van der Waals surface area contributed by atoms with Gasteiger partial charge in [0.15, 0.2) is 0 Å². The van der Waals surface area contributed by atoms with Gasteiger partial charge in [0.2, 0.25) is 0 Å². The molecular weight excluding hydrogens is 214 g/mol. The van der Waals surface area contributed by atoms with Crippen LogP contribution in [0.1, 0.15) is 16.1 Å². The summed E-state index contributed by atoms with van der Waals surface area (Å²) in [5.41, 5.74) is 2.08. The lowest BCUT2D eigenvalue weighted by Crippen LogP contribution is -2.22. The molecule has 0 aliphatic heterocycles. The van der Waals surface area contributed by atoms with Gasteiger partial charge in [-0.1, -0.05) is 24.3 Å². The van der Waals surface area contributed by atoms with E-state index in [2.05, 4.69) is 4.98 Å². The van der Waals surface area contributed by atoms with Crippen LogP contribution in [-0.2, 0) is 0 Å². The van der Waals surface area contributed by atoms with E-state index in [9.17, 15) is 9.90 Å². The van der Waals surface area contributed by atoms with E-state index in [1.807, 2.05) is 37.3 Å². The van der Waals surface area contributed by atoms with E-state index in [0.29, 0.717) is 0 Å². The number of H-pyrrole nitrogens is 1. The summed E-state index contributed by atoms with van der Waals surface area (Å²) < 4.78 is 0. The van der Waals surface area contributed by atoms with Crippen molar-refractivity contribution in [1.82, 2.24) is 4.98 Å². The Hall–Kier alpha value is -2.29. The lowest BCUT2D eigenvalue weighted by atomic mass is 10.0. The molecule has 17 heavy (non-hydrogen) atoms. The maximum atomic E-state index is 10.8. The van der Waals surface area contributed by atoms with Gasteiger partial charge >= 0.3 is 0 Å². The zero-order chi connectivity index (χ0) is 12.0. The predicted molar refractivity (Wildman–Crippen MR) is 64.9 cm³/mol. The van der Waals surface area contributed by atoms with E-state index < -0.39 is 5.97 Å². The molecule has 0 amide bonds. The number of hydrogen-bond acceptors (Lipinski definition) is 2. The number of carboxylic acids is 1. The van der Waals surface area contributed by atoms with Gasteiger partial charge in [0, 0.05) is 10.9 Å². The second kappa shape index (κ2) is 3.35. The molecule has 0 spiro atoms. The van der Waals surface area contributed by atoms with Gasteiger partial charge in [0.1, 0.15) is 0 Å². The van der Waals surface area contributed by atoms with E-state index in [0.717, 1.165) is 27.2 Å². The van der Waals surface area contributed by atoms with Crippen LogP contribution in [0.5, 0.6) is 0 Å². The maximum Gasteiger partial charge on any atom is 0.0878 e. The standard InChI is InChI=1S/C14H11NO2/c1-8-6-12-11(7-13(15-12)14(16)17)10-5-3-2-4-9(8)10/h2-7,15H,1H3,(H,16,17)/p-1. The number of benzene rings is 2. The second-order valence-corrected chi connectivity index (χ2v) is 4.17. The topological polar surface area (TPSA) is 55.9 Å². The molecule has 1 heterocycles. The molecule has 0 aliphatic rings. The maximum absolute atomic E-state index is 10.8. The number of hydrogen-bond donors (Lipinski definition) is 1. The smallest absolute Gasteiger partial charge is 0.0878 e. The minimum absolute atomic E-state index is 0.121. The average Bonchev–Trinajstić information content (AvgIpc) is 2.73. The van der Waals surface area contributed by atoms with Crippen LogP contribution in [0, 0.1) is 6.92 Å². The normalized spacial score (nSPS) is 11.1. The molecule has 0 saturated heterocycles. The summed E-state index contributed by atoms with van der Waals surface area (Å²) in [7, 11) is 0. The fraction of sp³-hybridized carbons (Fsp3) is 0.0714. The Balaban J connectivity index is 2.50. The van der Waals surface area contributed by atoms with Crippen LogP contribution in [0.15, 0.2) is 36.4 Å². The van der Waals surface area contributed by atoms with Gasteiger partial charge in [-0.05, 0) is 35.4 Å². The molecule has 3 nitrogen and oxygen atoms in total. The number of rotatable bonds is 1. The summed E-state index contributed by atoms with van der Waals surface area (Å²) in [6, 6.07) is 11.6. The third-order valence-electron chi connectivity index (χ3n) is 3.07. The van der Waals surface area contributed by atoms with Gasteiger partial charge in [-0.2, -0.15) is 0 Å². The third-order valence-corrected chi connectivity index (χ3v) is 3.07. The lowest BCUT2D eigenvalue weighted by Gasteiger charge is -2.03. The van der Waals surface area contributed by atoms with Crippen molar-refractivity contribution in [2.45, 2.75) is 6.92 Å². The fourth-order valence-corrected chi connectivity index (χ4v) is 2.27. The average molecular weight is 224 g/mol. The number of carbonyl (C=O) groups is 1.